The van der Waals surface area contributed by atoms with Crippen LogP contribution in [0.5, 0.6) is 0 Å². The van der Waals surface area contributed by atoms with E-state index in [1.807, 2.05) is 0 Å². The summed E-state index contributed by atoms with van der Waals surface area (Å²) in [4.78, 5) is 33.1. The lowest BCUT2D eigenvalue weighted by molar-refractivity contribution is -0.143. The molecule has 0 saturated carbocycles. The molecule has 9 nitrogen and oxygen atoms in total. The molecule has 0 heterocycles. The average molecular weight is 844 g/mol. The maximum absolute atomic E-state index is 13.9. The maximum Gasteiger partial charge on any atom is 0.251 e. The number of allylic oxidation sites excluding steroid dienone is 2. The standard InChI is InChI=1S/C43H87N7O2.3ClH/c1-3-5-7-9-11-13-15-17-19-20-22-24-26-28-30-32-37-50(36-31-29-27-25-23-21-18-16-14-12-10-8-6-4-2)41(52)43(48,38-44)40(51)39(45)34-33-35-49-42(46)47;;;/h17,19,39H,3-16,18,20-38,44-45,48H2,1-2H3,(H4,46,47,49);3*1H/b19-17-;;;. The Labute approximate surface area is 358 Å². The molecule has 55 heavy (non-hydrogen) atoms. The van der Waals surface area contributed by atoms with E-state index in [0.29, 0.717) is 32.5 Å². The summed E-state index contributed by atoms with van der Waals surface area (Å²) in [5.74, 6) is -0.894. The number of carbonyl (C=O) groups excluding carboxylic acids is 2. The maximum atomic E-state index is 13.9. The van der Waals surface area contributed by atoms with Crippen molar-refractivity contribution in [2.24, 2.45) is 33.7 Å². The summed E-state index contributed by atoms with van der Waals surface area (Å²) in [5, 5.41) is 0. The van der Waals surface area contributed by atoms with Gasteiger partial charge in [0.25, 0.3) is 5.91 Å². The van der Waals surface area contributed by atoms with Gasteiger partial charge in [0.05, 0.1) is 6.04 Å². The number of nitrogens with zero attached hydrogens (tertiary/aromatic N) is 2. The molecular weight excluding hydrogens is 753 g/mol. The van der Waals surface area contributed by atoms with Crippen molar-refractivity contribution in [2.45, 2.75) is 218 Å². The van der Waals surface area contributed by atoms with Crippen molar-refractivity contribution in [1.29, 1.82) is 0 Å². The average Bonchev–Trinajstić information content (AvgIpc) is 3.14. The molecule has 0 radical (unpaired) electrons. The molecule has 2 atom stereocenters. The van der Waals surface area contributed by atoms with Gasteiger partial charge in [-0.15, -0.1) is 37.2 Å². The lowest BCUT2D eigenvalue weighted by atomic mass is 9.87. The zero-order valence-electron chi connectivity index (χ0n) is 35.6. The van der Waals surface area contributed by atoms with Gasteiger partial charge < -0.3 is 33.6 Å². The molecule has 0 saturated heterocycles. The van der Waals surface area contributed by atoms with E-state index in [2.05, 4.69) is 31.0 Å². The molecule has 0 fully saturated rings. The fraction of sp³-hybridized carbons (Fsp3) is 0.884. The van der Waals surface area contributed by atoms with Gasteiger partial charge in [0.15, 0.2) is 17.3 Å². The van der Waals surface area contributed by atoms with Crippen molar-refractivity contribution in [1.82, 2.24) is 4.90 Å². The Morgan fingerprint density at radius 1 is 0.582 bits per heavy atom. The third-order valence-electron chi connectivity index (χ3n) is 10.5. The van der Waals surface area contributed by atoms with Crippen molar-refractivity contribution in [3.8, 4) is 0 Å². The van der Waals surface area contributed by atoms with Crippen LogP contribution >= 0.6 is 37.2 Å². The number of nitrogens with two attached hydrogens (primary N) is 5. The van der Waals surface area contributed by atoms with Gasteiger partial charge in [-0.3, -0.25) is 14.6 Å². The highest BCUT2D eigenvalue weighted by Gasteiger charge is 2.45. The number of hydrogen-bond donors (Lipinski definition) is 5. The summed E-state index contributed by atoms with van der Waals surface area (Å²) < 4.78 is 0. The largest absolute Gasteiger partial charge is 0.370 e. The molecule has 0 spiro atoms. The lowest BCUT2D eigenvalue weighted by Gasteiger charge is -2.34. The summed E-state index contributed by atoms with van der Waals surface area (Å²) in [7, 11) is 0. The van der Waals surface area contributed by atoms with Crippen LogP contribution in [0.3, 0.4) is 0 Å². The van der Waals surface area contributed by atoms with E-state index in [1.54, 1.807) is 4.90 Å². The van der Waals surface area contributed by atoms with Crippen molar-refractivity contribution in [3.63, 3.8) is 0 Å². The van der Waals surface area contributed by atoms with Gasteiger partial charge in [-0.1, -0.05) is 167 Å². The summed E-state index contributed by atoms with van der Waals surface area (Å²) in [6.07, 6.45) is 40.7. The zero-order valence-corrected chi connectivity index (χ0v) is 38.0. The third-order valence-corrected chi connectivity index (χ3v) is 10.5. The molecule has 330 valence electrons. The fourth-order valence-corrected chi connectivity index (χ4v) is 6.92. The second-order valence-corrected chi connectivity index (χ2v) is 15.4. The molecule has 2 unspecified atom stereocenters. The first-order chi connectivity index (χ1) is 25.2. The number of Topliss-reactive ketones (excluding diaryl/α,β-unsaturated/α-hetero) is 1. The third kappa shape index (κ3) is 34.6. The highest BCUT2D eigenvalue weighted by Crippen LogP contribution is 2.17. The molecular formula is C43H90Cl3N7O2. The van der Waals surface area contributed by atoms with Gasteiger partial charge in [0.1, 0.15) is 0 Å². The first kappa shape index (κ1) is 60.6. The molecule has 0 aromatic heterocycles. The summed E-state index contributed by atoms with van der Waals surface area (Å²) in [6.45, 7) is 5.80. The fourth-order valence-electron chi connectivity index (χ4n) is 6.92. The minimum absolute atomic E-state index is 0. The highest BCUT2D eigenvalue weighted by atomic mass is 35.5. The van der Waals surface area contributed by atoms with E-state index in [0.717, 1.165) is 38.5 Å². The Balaban J connectivity index is -0.00000433. The monoisotopic (exact) mass is 842 g/mol. The molecule has 1 amide bonds. The zero-order chi connectivity index (χ0) is 38.5. The van der Waals surface area contributed by atoms with Crippen LogP contribution in [-0.4, -0.2) is 60.3 Å². The van der Waals surface area contributed by atoms with Crippen LogP contribution in [0.4, 0.5) is 0 Å². The number of guanidine groups is 1. The molecule has 10 N–H and O–H groups in total. The lowest BCUT2D eigenvalue weighted by Crippen LogP contribution is -2.68. The predicted molar refractivity (Wildman–Crippen MR) is 247 cm³/mol. The van der Waals surface area contributed by atoms with E-state index < -0.39 is 17.4 Å². The van der Waals surface area contributed by atoms with Crippen LogP contribution in [-0.2, 0) is 9.59 Å². The van der Waals surface area contributed by atoms with Crippen molar-refractivity contribution in [2.75, 3.05) is 26.2 Å². The van der Waals surface area contributed by atoms with Gasteiger partial charge >= 0.3 is 0 Å². The quantitative estimate of drug-likeness (QED) is 0.0134. The van der Waals surface area contributed by atoms with Crippen LogP contribution in [0.15, 0.2) is 17.1 Å². The SMILES string of the molecule is CCCCCCCC/C=C\CCCCCCCCN(CCCCCCCCCCCCCCCC)C(=O)C(N)(CN)C(=O)C(N)CCCN=C(N)N.Cl.Cl.Cl. The number of aliphatic imine (C=N–C) groups is 1. The number of amides is 1. The van der Waals surface area contributed by atoms with Crippen LogP contribution in [0.1, 0.15) is 206 Å². The van der Waals surface area contributed by atoms with Crippen LogP contribution in [0, 0.1) is 0 Å². The molecule has 0 rings (SSSR count). The van der Waals surface area contributed by atoms with Crippen molar-refractivity contribution < 1.29 is 9.59 Å². The second-order valence-electron chi connectivity index (χ2n) is 15.4. The number of hydrogen-bond acceptors (Lipinski definition) is 6. The van der Waals surface area contributed by atoms with E-state index in [1.165, 1.54) is 141 Å². The van der Waals surface area contributed by atoms with Gasteiger partial charge in [0, 0.05) is 26.2 Å². The first-order valence-corrected chi connectivity index (χ1v) is 22.0. The molecule has 0 aliphatic heterocycles. The Hall–Kier alpha value is -1.10. The minimum Gasteiger partial charge on any atom is -0.370 e. The number of ketones is 1. The van der Waals surface area contributed by atoms with Gasteiger partial charge in [-0.25, -0.2) is 0 Å². The minimum atomic E-state index is -1.83. The van der Waals surface area contributed by atoms with Crippen molar-refractivity contribution >= 4 is 54.9 Å². The van der Waals surface area contributed by atoms with Crippen LogP contribution < -0.4 is 28.7 Å². The van der Waals surface area contributed by atoms with E-state index in [4.69, 9.17) is 28.7 Å². The normalized spacial score (nSPS) is 12.6. The molecule has 0 aliphatic rings. The van der Waals surface area contributed by atoms with E-state index in [-0.39, 0.29) is 55.6 Å². The number of unbranched alkanes of at least 4 members (excludes halogenated alkanes) is 25. The van der Waals surface area contributed by atoms with Crippen molar-refractivity contribution in [3.05, 3.63) is 12.2 Å². The topological polar surface area (TPSA) is 180 Å². The van der Waals surface area contributed by atoms with Gasteiger partial charge in [-0.05, 0) is 51.4 Å². The number of carbonyl (C=O) groups is 2. The van der Waals surface area contributed by atoms with Gasteiger partial charge in [0.2, 0.25) is 0 Å². The van der Waals surface area contributed by atoms with Crippen LogP contribution in [0.25, 0.3) is 0 Å². The Morgan fingerprint density at radius 3 is 1.27 bits per heavy atom. The first-order valence-electron chi connectivity index (χ1n) is 22.0. The van der Waals surface area contributed by atoms with E-state index >= 15 is 0 Å². The molecule has 0 aromatic rings. The Kier molecular flexibility index (Phi) is 48.5. The number of rotatable bonds is 39. The molecule has 0 aromatic carbocycles. The second kappa shape index (κ2) is 44.0. The smallest absolute Gasteiger partial charge is 0.251 e. The Bertz CT molecular complexity index is 910. The molecule has 0 aliphatic carbocycles. The molecule has 0 bridgehead atoms. The summed E-state index contributed by atoms with van der Waals surface area (Å²) in [5.41, 5.74) is 27.8. The predicted octanol–water partition coefficient (Wildman–Crippen LogP) is 10.2. The van der Waals surface area contributed by atoms with E-state index in [9.17, 15) is 9.59 Å². The summed E-state index contributed by atoms with van der Waals surface area (Å²) >= 11 is 0. The highest BCUT2D eigenvalue weighted by molar-refractivity contribution is 6.12. The Morgan fingerprint density at radius 2 is 0.927 bits per heavy atom. The van der Waals surface area contributed by atoms with Crippen LogP contribution in [0.2, 0.25) is 0 Å². The van der Waals surface area contributed by atoms with Gasteiger partial charge in [-0.2, -0.15) is 0 Å². The number of halogens is 3. The summed E-state index contributed by atoms with van der Waals surface area (Å²) in [6, 6.07) is -0.903. The molecule has 12 heteroatoms.